The third kappa shape index (κ3) is 4.62. The Bertz CT molecular complexity index is 1230. The molecule has 4 rings (SSSR count). The van der Waals surface area contributed by atoms with E-state index in [0.29, 0.717) is 16.8 Å². The lowest BCUT2D eigenvalue weighted by atomic mass is 9.97. The summed E-state index contributed by atoms with van der Waals surface area (Å²) in [7, 11) is 0. The fourth-order valence-electron chi connectivity index (χ4n) is 4.13. The number of aryl methyl sites for hydroxylation is 1. The summed E-state index contributed by atoms with van der Waals surface area (Å²) in [6.07, 6.45) is 0.0809. The van der Waals surface area contributed by atoms with Crippen molar-refractivity contribution in [3.05, 3.63) is 62.5 Å². The van der Waals surface area contributed by atoms with Crippen LogP contribution in [0, 0.1) is 13.8 Å². The van der Waals surface area contributed by atoms with E-state index < -0.39 is 11.6 Å². The predicted octanol–water partition coefficient (Wildman–Crippen LogP) is 6.35. The van der Waals surface area contributed by atoms with E-state index >= 15 is 0 Å². The molecule has 0 bridgehead atoms. The summed E-state index contributed by atoms with van der Waals surface area (Å²) < 4.78 is 7.67. The van der Waals surface area contributed by atoms with E-state index in [1.54, 1.807) is 11.3 Å². The maximum atomic E-state index is 12.8. The number of fused-ring (bicyclic) bond motifs is 3. The van der Waals surface area contributed by atoms with E-state index in [1.807, 2.05) is 52.0 Å². The highest BCUT2D eigenvalue weighted by Gasteiger charge is 2.34. The van der Waals surface area contributed by atoms with Crippen LogP contribution in [-0.2, 0) is 9.53 Å². The van der Waals surface area contributed by atoms with Crippen LogP contribution in [0.1, 0.15) is 86.2 Å². The van der Waals surface area contributed by atoms with Crippen molar-refractivity contribution < 1.29 is 9.53 Å². The zero-order chi connectivity index (χ0) is 24.1. The summed E-state index contributed by atoms with van der Waals surface area (Å²) in [4.78, 5) is 19.2. The molecule has 33 heavy (non-hydrogen) atoms. The van der Waals surface area contributed by atoms with Crippen LogP contribution >= 0.6 is 22.9 Å². The molecular weight excluding hydrogens is 456 g/mol. The standard InChI is InChI=1S/C25H29ClN4O2S/c1-13(2)22-14(3)20-21(16-8-10-17(26)11-9-16)27-18(12-19(31)32-25(5,6)7)23-29-28-15(4)30(23)24(20)33-22/h8-11,13,18H,12H2,1-7H3/t18-/m0/s1. The number of carbonyl (C=O) groups excluding carboxylic acids is 1. The molecule has 1 aromatic carbocycles. The second-order valence-corrected chi connectivity index (χ2v) is 11.1. The zero-order valence-electron chi connectivity index (χ0n) is 20.1. The van der Waals surface area contributed by atoms with E-state index in [9.17, 15) is 4.79 Å². The van der Waals surface area contributed by atoms with Gasteiger partial charge in [-0.05, 0) is 58.2 Å². The topological polar surface area (TPSA) is 69.4 Å². The Morgan fingerprint density at radius 3 is 2.45 bits per heavy atom. The molecular formula is C25H29ClN4O2S. The molecule has 3 heterocycles. The molecule has 0 unspecified atom stereocenters. The van der Waals surface area contributed by atoms with Crippen LogP contribution in [0.3, 0.4) is 0 Å². The van der Waals surface area contributed by atoms with Gasteiger partial charge in [0.1, 0.15) is 22.5 Å². The third-order valence-corrected chi connectivity index (χ3v) is 7.29. The van der Waals surface area contributed by atoms with Crippen molar-refractivity contribution in [2.45, 2.75) is 72.4 Å². The van der Waals surface area contributed by atoms with Crippen molar-refractivity contribution in [2.75, 3.05) is 0 Å². The summed E-state index contributed by atoms with van der Waals surface area (Å²) in [6, 6.07) is 7.15. The Kier molecular flexibility index (Phi) is 6.22. The quantitative estimate of drug-likeness (QED) is 0.405. The Morgan fingerprint density at radius 1 is 1.18 bits per heavy atom. The second-order valence-electron chi connectivity index (χ2n) is 9.66. The molecule has 0 amide bonds. The van der Waals surface area contributed by atoms with Gasteiger partial charge in [-0.3, -0.25) is 14.4 Å². The second kappa shape index (κ2) is 8.69. The van der Waals surface area contributed by atoms with Crippen LogP contribution in [0.25, 0.3) is 5.00 Å². The largest absolute Gasteiger partial charge is 0.460 e. The number of aliphatic imine (C=N–C) groups is 1. The molecule has 1 aliphatic rings. The number of rotatable bonds is 4. The van der Waals surface area contributed by atoms with Crippen molar-refractivity contribution in [3.8, 4) is 5.00 Å². The summed E-state index contributed by atoms with van der Waals surface area (Å²) in [5.74, 6) is 1.47. The van der Waals surface area contributed by atoms with Crippen LogP contribution in [0.2, 0.25) is 5.02 Å². The van der Waals surface area contributed by atoms with Crippen LogP contribution in [0.4, 0.5) is 0 Å². The number of halogens is 1. The number of esters is 1. The molecule has 0 N–H and O–H groups in total. The van der Waals surface area contributed by atoms with Crippen LogP contribution in [0.15, 0.2) is 29.3 Å². The molecule has 0 spiro atoms. The average molecular weight is 485 g/mol. The fourth-order valence-corrected chi connectivity index (χ4v) is 5.62. The van der Waals surface area contributed by atoms with Gasteiger partial charge in [-0.1, -0.05) is 37.6 Å². The highest BCUT2D eigenvalue weighted by atomic mass is 35.5. The molecule has 1 aliphatic heterocycles. The summed E-state index contributed by atoms with van der Waals surface area (Å²) in [6.45, 7) is 14.1. The number of aromatic nitrogens is 3. The lowest BCUT2D eigenvalue weighted by molar-refractivity contribution is -0.155. The van der Waals surface area contributed by atoms with Crippen molar-refractivity contribution in [2.24, 2.45) is 4.99 Å². The summed E-state index contributed by atoms with van der Waals surface area (Å²) in [5.41, 5.74) is 3.45. The SMILES string of the molecule is Cc1c(C(C)C)sc2c1C(c1ccc(Cl)cc1)=N[C@@H](CC(=O)OC(C)(C)C)c1nnc(C)n1-2. The molecule has 0 fully saturated rings. The van der Waals surface area contributed by atoms with E-state index in [-0.39, 0.29) is 12.4 Å². The molecule has 0 radical (unpaired) electrons. The van der Waals surface area contributed by atoms with Gasteiger partial charge >= 0.3 is 5.97 Å². The van der Waals surface area contributed by atoms with Gasteiger partial charge in [0.2, 0.25) is 0 Å². The van der Waals surface area contributed by atoms with Crippen molar-refractivity contribution in [1.82, 2.24) is 14.8 Å². The number of nitrogens with zero attached hydrogens (tertiary/aromatic N) is 4. The first-order valence-electron chi connectivity index (χ1n) is 11.1. The van der Waals surface area contributed by atoms with Crippen LogP contribution in [-0.4, -0.2) is 32.0 Å². The van der Waals surface area contributed by atoms with Gasteiger partial charge in [0.15, 0.2) is 5.82 Å². The third-order valence-electron chi connectivity index (χ3n) is 5.46. The molecule has 1 atom stereocenters. The smallest absolute Gasteiger partial charge is 0.308 e. The zero-order valence-corrected chi connectivity index (χ0v) is 21.6. The van der Waals surface area contributed by atoms with E-state index in [1.165, 1.54) is 10.4 Å². The van der Waals surface area contributed by atoms with Gasteiger partial charge in [0.05, 0.1) is 12.1 Å². The lowest BCUT2D eigenvalue weighted by Gasteiger charge is -2.21. The van der Waals surface area contributed by atoms with Gasteiger partial charge in [0, 0.05) is 21.0 Å². The highest BCUT2D eigenvalue weighted by Crippen LogP contribution is 2.42. The minimum atomic E-state index is -0.574. The minimum Gasteiger partial charge on any atom is -0.460 e. The van der Waals surface area contributed by atoms with Gasteiger partial charge in [-0.25, -0.2) is 0 Å². The van der Waals surface area contributed by atoms with Crippen molar-refractivity contribution >= 4 is 34.6 Å². The average Bonchev–Trinajstić information content (AvgIpc) is 3.20. The maximum Gasteiger partial charge on any atom is 0.308 e. The maximum absolute atomic E-state index is 12.8. The van der Waals surface area contributed by atoms with E-state index in [0.717, 1.165) is 27.7 Å². The minimum absolute atomic E-state index is 0.0809. The first-order valence-corrected chi connectivity index (χ1v) is 12.3. The van der Waals surface area contributed by atoms with Crippen LogP contribution < -0.4 is 0 Å². The lowest BCUT2D eigenvalue weighted by Crippen LogP contribution is -2.25. The Labute approximate surface area is 203 Å². The normalized spacial score (nSPS) is 15.7. The van der Waals surface area contributed by atoms with E-state index in [2.05, 4.69) is 35.5 Å². The Hall–Kier alpha value is -2.51. The molecule has 0 saturated heterocycles. The van der Waals surface area contributed by atoms with Crippen LogP contribution in [0.5, 0.6) is 0 Å². The highest BCUT2D eigenvalue weighted by molar-refractivity contribution is 7.15. The van der Waals surface area contributed by atoms with Gasteiger partial charge < -0.3 is 4.74 Å². The fraction of sp³-hybridized carbons (Fsp3) is 0.440. The predicted molar refractivity (Wildman–Crippen MR) is 133 cm³/mol. The van der Waals surface area contributed by atoms with Gasteiger partial charge in [-0.2, -0.15) is 0 Å². The molecule has 0 aliphatic carbocycles. The van der Waals surface area contributed by atoms with Crippen molar-refractivity contribution in [1.29, 1.82) is 0 Å². The molecule has 174 valence electrons. The first-order chi connectivity index (χ1) is 15.5. The number of hydrogen-bond acceptors (Lipinski definition) is 6. The molecule has 3 aromatic rings. The summed E-state index contributed by atoms with van der Waals surface area (Å²) in [5, 5.41) is 10.5. The van der Waals surface area contributed by atoms with E-state index in [4.69, 9.17) is 21.3 Å². The van der Waals surface area contributed by atoms with Gasteiger partial charge in [0.25, 0.3) is 0 Å². The number of thiophene rings is 1. The number of ether oxygens (including phenoxy) is 1. The first kappa shape index (κ1) is 23.6. The summed E-state index contributed by atoms with van der Waals surface area (Å²) >= 11 is 7.91. The number of benzene rings is 1. The van der Waals surface area contributed by atoms with Crippen molar-refractivity contribution in [3.63, 3.8) is 0 Å². The molecule has 2 aromatic heterocycles. The van der Waals surface area contributed by atoms with Gasteiger partial charge in [-0.15, -0.1) is 21.5 Å². The molecule has 6 nitrogen and oxygen atoms in total. The Morgan fingerprint density at radius 2 is 1.85 bits per heavy atom. The number of carbonyl (C=O) groups is 1. The molecule has 0 saturated carbocycles. The monoisotopic (exact) mass is 484 g/mol. The number of hydrogen-bond donors (Lipinski definition) is 0. The Balaban J connectivity index is 1.94. The molecule has 8 heteroatoms.